The molecule has 152 valence electrons. The minimum absolute atomic E-state index is 0.0300. The van der Waals surface area contributed by atoms with Gasteiger partial charge in [-0.2, -0.15) is 23.0 Å². The Kier molecular flexibility index (Phi) is 5.39. The zero-order valence-corrected chi connectivity index (χ0v) is 14.6. The molecule has 0 aliphatic carbocycles. The third kappa shape index (κ3) is 4.44. The van der Waals surface area contributed by atoms with Crippen LogP contribution in [0.25, 0.3) is 5.95 Å². The molecule has 29 heavy (non-hydrogen) atoms. The van der Waals surface area contributed by atoms with Crippen LogP contribution in [0.3, 0.4) is 0 Å². The zero-order chi connectivity index (χ0) is 21.2. The lowest BCUT2D eigenvalue weighted by molar-refractivity contribution is -0.140. The van der Waals surface area contributed by atoms with E-state index >= 15 is 0 Å². The number of carbonyl (C=O) groups excluding carboxylic acids is 1. The van der Waals surface area contributed by atoms with Crippen molar-refractivity contribution in [2.24, 2.45) is 0 Å². The molecular formula is C16H12F5N7O. The van der Waals surface area contributed by atoms with E-state index in [0.29, 0.717) is 0 Å². The third-order valence-corrected chi connectivity index (χ3v) is 3.66. The van der Waals surface area contributed by atoms with Crippen molar-refractivity contribution >= 4 is 11.7 Å². The molecule has 1 aromatic carbocycles. The Labute approximate surface area is 159 Å². The molecule has 0 spiro atoms. The fourth-order valence-electron chi connectivity index (χ4n) is 2.38. The maximum Gasteiger partial charge on any atom is 0.419 e. The Morgan fingerprint density at radius 3 is 2.45 bits per heavy atom. The topological polar surface area (TPSA) is 97.6 Å². The van der Waals surface area contributed by atoms with Crippen LogP contribution in [0.15, 0.2) is 36.9 Å². The fraction of sp³-hybridized carbons (Fsp3) is 0.188. The number of halogens is 5. The molecule has 2 N–H and O–H groups in total. The highest BCUT2D eigenvalue weighted by Gasteiger charge is 2.35. The number of aromatic nitrogens is 5. The molecular weight excluding hydrogens is 401 g/mol. The molecule has 0 unspecified atom stereocenters. The molecule has 13 heteroatoms. The van der Waals surface area contributed by atoms with E-state index in [1.54, 1.807) is 6.07 Å². The zero-order valence-electron chi connectivity index (χ0n) is 14.6. The molecule has 0 fully saturated rings. The lowest BCUT2D eigenvalue weighted by atomic mass is 10.1. The highest BCUT2D eigenvalue weighted by Crippen LogP contribution is 2.33. The van der Waals surface area contributed by atoms with E-state index in [2.05, 4.69) is 25.4 Å². The average Bonchev–Trinajstić information content (AvgIpc) is 3.14. The largest absolute Gasteiger partial charge is 0.419 e. The summed E-state index contributed by atoms with van der Waals surface area (Å²) < 4.78 is 66.5. The van der Waals surface area contributed by atoms with Crippen LogP contribution in [0.5, 0.6) is 0 Å². The highest BCUT2D eigenvalue weighted by molar-refractivity contribution is 5.89. The standard InChI is InChI=1S/C16H12F5N7O/c1-8(13-24-7-25-28(13)14-22-3-2-4-23-14)26-15(29)27-12-6-10(17)9(5-11(12)18)16(19,20)21/h2-8H,1H3,(H2,26,27,29)/t8-/m0/s1. The van der Waals surface area contributed by atoms with Crippen molar-refractivity contribution in [1.82, 2.24) is 30.0 Å². The van der Waals surface area contributed by atoms with Crippen LogP contribution in [0.2, 0.25) is 0 Å². The molecule has 0 aliphatic heterocycles. The first-order valence-corrected chi connectivity index (χ1v) is 7.98. The van der Waals surface area contributed by atoms with E-state index in [0.717, 1.165) is 0 Å². The quantitative estimate of drug-likeness (QED) is 0.640. The SMILES string of the molecule is C[C@H](NC(=O)Nc1cc(F)c(C(F)(F)F)cc1F)c1ncnn1-c1ncccn1. The number of nitrogens with zero attached hydrogens (tertiary/aromatic N) is 5. The normalized spacial score (nSPS) is 12.5. The number of amides is 2. The Balaban J connectivity index is 1.74. The first kappa shape index (κ1) is 20.1. The van der Waals surface area contributed by atoms with Gasteiger partial charge in [0.25, 0.3) is 5.95 Å². The summed E-state index contributed by atoms with van der Waals surface area (Å²) >= 11 is 0. The van der Waals surface area contributed by atoms with Gasteiger partial charge in [0.15, 0.2) is 5.82 Å². The van der Waals surface area contributed by atoms with Gasteiger partial charge in [0.05, 0.1) is 17.3 Å². The molecule has 1 atom stereocenters. The molecule has 8 nitrogen and oxygen atoms in total. The predicted molar refractivity (Wildman–Crippen MR) is 88.9 cm³/mol. The van der Waals surface area contributed by atoms with Gasteiger partial charge < -0.3 is 10.6 Å². The summed E-state index contributed by atoms with van der Waals surface area (Å²) in [7, 11) is 0. The second kappa shape index (κ2) is 7.77. The molecule has 3 aromatic rings. The van der Waals surface area contributed by atoms with Crippen molar-refractivity contribution < 1.29 is 26.7 Å². The molecule has 0 saturated heterocycles. The number of anilines is 1. The monoisotopic (exact) mass is 413 g/mol. The van der Waals surface area contributed by atoms with E-state index in [1.807, 2.05) is 5.32 Å². The lowest BCUT2D eigenvalue weighted by Crippen LogP contribution is -2.33. The summed E-state index contributed by atoms with van der Waals surface area (Å²) in [5.41, 5.74) is -2.53. The number of nitrogens with one attached hydrogen (secondary N) is 2. The van der Waals surface area contributed by atoms with Crippen molar-refractivity contribution in [3.63, 3.8) is 0 Å². The third-order valence-electron chi connectivity index (χ3n) is 3.66. The molecule has 0 saturated carbocycles. The number of hydrogen-bond donors (Lipinski definition) is 2. The molecule has 0 aliphatic rings. The summed E-state index contributed by atoms with van der Waals surface area (Å²) in [5.74, 6) is -2.75. The van der Waals surface area contributed by atoms with Crippen molar-refractivity contribution in [3.05, 3.63) is 59.9 Å². The van der Waals surface area contributed by atoms with Gasteiger partial charge in [-0.15, -0.1) is 0 Å². The van der Waals surface area contributed by atoms with E-state index < -0.39 is 41.1 Å². The number of benzene rings is 1. The van der Waals surface area contributed by atoms with Gasteiger partial charge in [0.1, 0.15) is 18.0 Å². The summed E-state index contributed by atoms with van der Waals surface area (Å²) in [6.45, 7) is 1.52. The maximum atomic E-state index is 13.9. The first-order chi connectivity index (χ1) is 13.7. The van der Waals surface area contributed by atoms with Crippen LogP contribution in [-0.4, -0.2) is 30.8 Å². The van der Waals surface area contributed by atoms with E-state index in [1.165, 1.54) is 30.3 Å². The average molecular weight is 413 g/mol. The predicted octanol–water partition coefficient (Wildman–Crippen LogP) is 3.24. The number of carbonyl (C=O) groups is 1. The number of urea groups is 1. The van der Waals surface area contributed by atoms with Gasteiger partial charge in [-0.3, -0.25) is 0 Å². The molecule has 2 heterocycles. The molecule has 0 bridgehead atoms. The Morgan fingerprint density at radius 2 is 1.79 bits per heavy atom. The maximum absolute atomic E-state index is 13.9. The summed E-state index contributed by atoms with van der Waals surface area (Å²) in [6, 6.07) is 0.0238. The smallest absolute Gasteiger partial charge is 0.328 e. The first-order valence-electron chi connectivity index (χ1n) is 7.98. The number of hydrogen-bond acceptors (Lipinski definition) is 5. The van der Waals surface area contributed by atoms with Crippen LogP contribution in [0.1, 0.15) is 24.4 Å². The van der Waals surface area contributed by atoms with Crippen LogP contribution >= 0.6 is 0 Å². The minimum atomic E-state index is -5.07. The van der Waals surface area contributed by atoms with Crippen molar-refractivity contribution in [2.75, 3.05) is 5.32 Å². The van der Waals surface area contributed by atoms with Crippen LogP contribution in [0, 0.1) is 11.6 Å². The Morgan fingerprint density at radius 1 is 1.10 bits per heavy atom. The summed E-state index contributed by atoms with van der Waals surface area (Å²) in [5, 5.41) is 8.30. The molecule has 2 aromatic heterocycles. The van der Waals surface area contributed by atoms with E-state index in [-0.39, 0.29) is 23.9 Å². The van der Waals surface area contributed by atoms with Crippen molar-refractivity contribution in [1.29, 1.82) is 0 Å². The molecule has 2 amide bonds. The van der Waals surface area contributed by atoms with Gasteiger partial charge in [-0.05, 0) is 19.1 Å². The highest BCUT2D eigenvalue weighted by atomic mass is 19.4. The van der Waals surface area contributed by atoms with Crippen LogP contribution < -0.4 is 10.6 Å². The van der Waals surface area contributed by atoms with Gasteiger partial charge >= 0.3 is 12.2 Å². The summed E-state index contributed by atoms with van der Waals surface area (Å²) in [4.78, 5) is 24.1. The van der Waals surface area contributed by atoms with Gasteiger partial charge in [-0.25, -0.2) is 28.5 Å². The lowest BCUT2D eigenvalue weighted by Gasteiger charge is -2.15. The number of rotatable bonds is 4. The fourth-order valence-corrected chi connectivity index (χ4v) is 2.38. The van der Waals surface area contributed by atoms with Crippen LogP contribution in [0.4, 0.5) is 32.4 Å². The van der Waals surface area contributed by atoms with Crippen molar-refractivity contribution in [3.8, 4) is 5.95 Å². The van der Waals surface area contributed by atoms with Gasteiger partial charge in [0.2, 0.25) is 0 Å². The van der Waals surface area contributed by atoms with Crippen molar-refractivity contribution in [2.45, 2.75) is 19.1 Å². The number of alkyl halides is 3. The molecule has 0 radical (unpaired) electrons. The second-order valence-corrected chi connectivity index (χ2v) is 5.71. The van der Waals surface area contributed by atoms with Crippen LogP contribution in [-0.2, 0) is 6.18 Å². The van der Waals surface area contributed by atoms with E-state index in [9.17, 15) is 26.7 Å². The van der Waals surface area contributed by atoms with Gasteiger partial charge in [0, 0.05) is 18.5 Å². The minimum Gasteiger partial charge on any atom is -0.328 e. The molecule has 3 rings (SSSR count). The Bertz CT molecular complexity index is 1020. The van der Waals surface area contributed by atoms with Gasteiger partial charge in [-0.1, -0.05) is 0 Å². The summed E-state index contributed by atoms with van der Waals surface area (Å²) in [6.07, 6.45) is -0.919. The second-order valence-electron chi connectivity index (χ2n) is 5.71. The Hall–Kier alpha value is -3.64. The van der Waals surface area contributed by atoms with E-state index in [4.69, 9.17) is 0 Å².